The standard InChI is InChI=1S/C17H24N2O4S/c1-10-7-12(3)13(8-11(10)2)15(20)9-23-16(21)14(5-6-24-4)19-17(18)22/h7-8,14H,5-6,9H2,1-4H3,(H3,18,19,22)/t14-/m1/s1. The van der Waals surface area contributed by atoms with Crippen LogP contribution in [0, 0.1) is 20.8 Å². The number of amides is 2. The number of rotatable bonds is 8. The molecule has 1 rings (SSSR count). The molecule has 0 fully saturated rings. The lowest BCUT2D eigenvalue weighted by atomic mass is 9.98. The number of urea groups is 1. The summed E-state index contributed by atoms with van der Waals surface area (Å²) in [4.78, 5) is 35.4. The Morgan fingerprint density at radius 2 is 1.79 bits per heavy atom. The van der Waals surface area contributed by atoms with Gasteiger partial charge in [-0.25, -0.2) is 9.59 Å². The Kier molecular flexibility index (Phi) is 7.78. The molecule has 0 unspecified atom stereocenters. The number of thioether (sulfide) groups is 1. The molecule has 0 aliphatic carbocycles. The van der Waals surface area contributed by atoms with Crippen LogP contribution in [0.3, 0.4) is 0 Å². The Balaban J connectivity index is 2.72. The van der Waals surface area contributed by atoms with E-state index in [9.17, 15) is 14.4 Å². The quantitative estimate of drug-likeness (QED) is 0.552. The van der Waals surface area contributed by atoms with Gasteiger partial charge in [-0.1, -0.05) is 6.07 Å². The van der Waals surface area contributed by atoms with Crippen LogP contribution >= 0.6 is 11.8 Å². The average molecular weight is 352 g/mol. The van der Waals surface area contributed by atoms with Crippen LogP contribution in [0.5, 0.6) is 0 Å². The lowest BCUT2D eigenvalue weighted by molar-refractivity contribution is -0.144. The first-order chi connectivity index (χ1) is 11.3. The number of carbonyl (C=O) groups excluding carboxylic acids is 3. The lowest BCUT2D eigenvalue weighted by Gasteiger charge is -2.16. The number of nitrogens with one attached hydrogen (secondary N) is 1. The molecule has 24 heavy (non-hydrogen) atoms. The van der Waals surface area contributed by atoms with Gasteiger partial charge in [0.25, 0.3) is 0 Å². The van der Waals surface area contributed by atoms with Crippen molar-refractivity contribution >= 4 is 29.5 Å². The monoisotopic (exact) mass is 352 g/mol. The van der Waals surface area contributed by atoms with Crippen LogP contribution < -0.4 is 11.1 Å². The number of Topliss-reactive ketones (excluding diaryl/α,β-unsaturated/α-hetero) is 1. The Morgan fingerprint density at radius 3 is 2.38 bits per heavy atom. The van der Waals surface area contributed by atoms with Gasteiger partial charge in [0.1, 0.15) is 6.04 Å². The molecule has 0 bridgehead atoms. The molecule has 0 aliphatic heterocycles. The third-order valence-electron chi connectivity index (χ3n) is 3.70. The predicted octanol–water partition coefficient (Wildman–Crippen LogP) is 2.13. The number of aryl methyl sites for hydroxylation is 3. The molecule has 2 amide bonds. The van der Waals surface area contributed by atoms with Crippen molar-refractivity contribution in [3.8, 4) is 0 Å². The summed E-state index contributed by atoms with van der Waals surface area (Å²) in [6.07, 6.45) is 2.28. The number of carbonyl (C=O) groups is 3. The molecule has 1 aromatic rings. The SMILES string of the molecule is CSCC[C@@H](NC(N)=O)C(=O)OCC(=O)c1cc(C)c(C)cc1C. The van der Waals surface area contributed by atoms with E-state index in [2.05, 4.69) is 5.32 Å². The van der Waals surface area contributed by atoms with Crippen molar-refractivity contribution in [1.29, 1.82) is 0 Å². The normalized spacial score (nSPS) is 11.7. The molecule has 0 aliphatic rings. The van der Waals surface area contributed by atoms with E-state index >= 15 is 0 Å². The molecule has 7 heteroatoms. The second-order valence-corrected chi connectivity index (χ2v) is 6.61. The maximum absolute atomic E-state index is 12.3. The van der Waals surface area contributed by atoms with Gasteiger partial charge < -0.3 is 15.8 Å². The van der Waals surface area contributed by atoms with Gasteiger partial charge in [-0.05, 0) is 62.0 Å². The van der Waals surface area contributed by atoms with E-state index in [-0.39, 0.29) is 12.4 Å². The topological polar surface area (TPSA) is 98.5 Å². The molecule has 0 radical (unpaired) electrons. The summed E-state index contributed by atoms with van der Waals surface area (Å²) in [5.74, 6) is -0.270. The zero-order valence-electron chi connectivity index (χ0n) is 14.5. The van der Waals surface area contributed by atoms with Gasteiger partial charge in [-0.2, -0.15) is 11.8 Å². The summed E-state index contributed by atoms with van der Waals surface area (Å²) >= 11 is 1.53. The molecule has 1 atom stereocenters. The summed E-state index contributed by atoms with van der Waals surface area (Å²) < 4.78 is 5.08. The number of nitrogens with two attached hydrogens (primary N) is 1. The minimum atomic E-state index is -0.844. The number of ketones is 1. The molecule has 0 spiro atoms. The Hall–Kier alpha value is -2.02. The van der Waals surface area contributed by atoms with Crippen molar-refractivity contribution < 1.29 is 19.1 Å². The maximum Gasteiger partial charge on any atom is 0.329 e. The van der Waals surface area contributed by atoms with Gasteiger partial charge in [0.05, 0.1) is 0 Å². The third kappa shape index (κ3) is 5.88. The number of primary amides is 1. The zero-order chi connectivity index (χ0) is 18.3. The molecule has 132 valence electrons. The van der Waals surface area contributed by atoms with Gasteiger partial charge in [0, 0.05) is 5.56 Å². The highest BCUT2D eigenvalue weighted by molar-refractivity contribution is 7.98. The number of benzene rings is 1. The van der Waals surface area contributed by atoms with E-state index in [1.807, 2.05) is 33.1 Å². The molecular formula is C17H24N2O4S. The first kappa shape index (κ1) is 20.0. The van der Waals surface area contributed by atoms with Crippen molar-refractivity contribution in [1.82, 2.24) is 5.32 Å². The molecule has 1 aromatic carbocycles. The minimum absolute atomic E-state index is 0.272. The summed E-state index contributed by atoms with van der Waals surface area (Å²) in [5.41, 5.74) is 8.55. The van der Waals surface area contributed by atoms with E-state index in [1.165, 1.54) is 11.8 Å². The molecule has 3 N–H and O–H groups in total. The largest absolute Gasteiger partial charge is 0.456 e. The second-order valence-electron chi connectivity index (χ2n) is 5.62. The number of ether oxygens (including phenoxy) is 1. The van der Waals surface area contributed by atoms with Gasteiger partial charge in [0.2, 0.25) is 5.78 Å². The number of hydrogen-bond donors (Lipinski definition) is 2. The highest BCUT2D eigenvalue weighted by atomic mass is 32.2. The molecular weight excluding hydrogens is 328 g/mol. The number of esters is 1. The maximum atomic E-state index is 12.3. The summed E-state index contributed by atoms with van der Waals surface area (Å²) in [6.45, 7) is 5.38. The molecule has 0 aromatic heterocycles. The van der Waals surface area contributed by atoms with Crippen LogP contribution in [0.4, 0.5) is 4.79 Å². The van der Waals surface area contributed by atoms with E-state index in [0.29, 0.717) is 17.7 Å². The Morgan fingerprint density at radius 1 is 1.17 bits per heavy atom. The van der Waals surface area contributed by atoms with E-state index in [4.69, 9.17) is 10.5 Å². The van der Waals surface area contributed by atoms with Gasteiger partial charge in [0.15, 0.2) is 6.61 Å². The minimum Gasteiger partial charge on any atom is -0.456 e. The van der Waals surface area contributed by atoms with Crippen LogP contribution in [0.15, 0.2) is 12.1 Å². The predicted molar refractivity (Wildman–Crippen MR) is 95.4 cm³/mol. The summed E-state index contributed by atoms with van der Waals surface area (Å²) in [6, 6.07) is 2.09. The van der Waals surface area contributed by atoms with Crippen LogP contribution in [0.2, 0.25) is 0 Å². The fourth-order valence-electron chi connectivity index (χ4n) is 2.23. The molecule has 0 saturated heterocycles. The highest BCUT2D eigenvalue weighted by Gasteiger charge is 2.22. The zero-order valence-corrected chi connectivity index (χ0v) is 15.3. The highest BCUT2D eigenvalue weighted by Crippen LogP contribution is 2.16. The van der Waals surface area contributed by atoms with Crippen molar-refractivity contribution in [3.05, 3.63) is 34.4 Å². The smallest absolute Gasteiger partial charge is 0.329 e. The fraction of sp³-hybridized carbons (Fsp3) is 0.471. The van der Waals surface area contributed by atoms with Crippen LogP contribution in [0.1, 0.15) is 33.5 Å². The van der Waals surface area contributed by atoms with Crippen molar-refractivity contribution in [3.63, 3.8) is 0 Å². The average Bonchev–Trinajstić information content (AvgIpc) is 2.51. The van der Waals surface area contributed by atoms with Crippen molar-refractivity contribution in [2.45, 2.75) is 33.2 Å². The first-order valence-electron chi connectivity index (χ1n) is 7.58. The molecule has 0 heterocycles. The van der Waals surface area contributed by atoms with Gasteiger partial charge >= 0.3 is 12.0 Å². The van der Waals surface area contributed by atoms with E-state index < -0.39 is 18.0 Å². The summed E-state index contributed by atoms with van der Waals surface area (Å²) in [5, 5.41) is 2.35. The van der Waals surface area contributed by atoms with E-state index in [0.717, 1.165) is 16.7 Å². The molecule has 0 saturated carbocycles. The van der Waals surface area contributed by atoms with E-state index in [1.54, 1.807) is 6.07 Å². The molecule has 6 nitrogen and oxygen atoms in total. The Bertz CT molecular complexity index is 631. The lowest BCUT2D eigenvalue weighted by Crippen LogP contribution is -2.45. The number of hydrogen-bond acceptors (Lipinski definition) is 5. The second kappa shape index (κ2) is 9.32. The van der Waals surface area contributed by atoms with Crippen molar-refractivity contribution in [2.75, 3.05) is 18.6 Å². The van der Waals surface area contributed by atoms with Crippen LogP contribution in [-0.2, 0) is 9.53 Å². The van der Waals surface area contributed by atoms with Crippen LogP contribution in [-0.4, -0.2) is 42.4 Å². The van der Waals surface area contributed by atoms with Gasteiger partial charge in [-0.3, -0.25) is 4.79 Å². The summed E-state index contributed by atoms with van der Waals surface area (Å²) in [7, 11) is 0. The van der Waals surface area contributed by atoms with Crippen molar-refractivity contribution in [2.24, 2.45) is 5.73 Å². The fourth-order valence-corrected chi connectivity index (χ4v) is 2.70. The first-order valence-corrected chi connectivity index (χ1v) is 8.98. The third-order valence-corrected chi connectivity index (χ3v) is 4.34. The van der Waals surface area contributed by atoms with Crippen LogP contribution in [0.25, 0.3) is 0 Å². The Labute approximate surface area is 146 Å². The van der Waals surface area contributed by atoms with Gasteiger partial charge in [-0.15, -0.1) is 0 Å².